The molecule has 2 unspecified atom stereocenters. The summed E-state index contributed by atoms with van der Waals surface area (Å²) in [6.45, 7) is 1.79. The highest BCUT2D eigenvalue weighted by Gasteiger charge is 2.39. The molecule has 2 N–H and O–H groups in total. The number of fused-ring (bicyclic) bond motifs is 2. The summed E-state index contributed by atoms with van der Waals surface area (Å²) in [4.78, 5) is 15.4. The fraction of sp³-hybridized carbons (Fsp3) is 0.438. The monoisotopic (exact) mass is 320 g/mol. The summed E-state index contributed by atoms with van der Waals surface area (Å²) in [7, 11) is 0. The van der Waals surface area contributed by atoms with Gasteiger partial charge in [0.05, 0.1) is 10.7 Å². The van der Waals surface area contributed by atoms with Gasteiger partial charge in [-0.2, -0.15) is 0 Å². The summed E-state index contributed by atoms with van der Waals surface area (Å²) in [6.07, 6.45) is 3.85. The molecule has 0 spiro atoms. The topological polar surface area (TPSA) is 46.3 Å². The average molecular weight is 321 g/mol. The third kappa shape index (κ3) is 2.04. The number of nitrogen functional groups attached to an aromatic ring is 1. The van der Waals surface area contributed by atoms with Gasteiger partial charge in [-0.1, -0.05) is 24.1 Å². The van der Waals surface area contributed by atoms with Crippen molar-refractivity contribution in [3.63, 3.8) is 0 Å². The van der Waals surface area contributed by atoms with E-state index in [4.69, 9.17) is 17.3 Å². The predicted octanol–water partition coefficient (Wildman–Crippen LogP) is 4.01. The van der Waals surface area contributed by atoms with Crippen molar-refractivity contribution in [1.29, 1.82) is 0 Å². The van der Waals surface area contributed by atoms with Crippen LogP contribution < -0.4 is 5.73 Å². The number of carbonyl (C=O) groups is 1. The number of thiophene rings is 1. The van der Waals surface area contributed by atoms with Gasteiger partial charge in [-0.25, -0.2) is 0 Å². The van der Waals surface area contributed by atoms with Crippen molar-refractivity contribution in [2.45, 2.75) is 19.3 Å². The van der Waals surface area contributed by atoms with E-state index in [1.807, 2.05) is 23.1 Å². The molecule has 1 saturated carbocycles. The van der Waals surface area contributed by atoms with E-state index in [1.165, 1.54) is 30.6 Å². The highest BCUT2D eigenvalue weighted by atomic mass is 35.5. The number of likely N-dealkylation sites (tertiary alicyclic amines) is 1. The Morgan fingerprint density at radius 3 is 2.67 bits per heavy atom. The summed E-state index contributed by atoms with van der Waals surface area (Å²) in [6, 6.07) is 5.69. The molecular weight excluding hydrogens is 304 g/mol. The largest absolute Gasteiger partial charge is 0.397 e. The standard InChI is InChI=1S/C16H17ClN2OS/c17-11-5-2-6-12-13(11)14(18)15(21-12)16(20)19-7-9-3-1-4-10(9)8-19/h2,5-6,9-10H,1,3-4,7-8,18H2. The Hall–Kier alpha value is -1.26. The molecule has 2 aromatic rings. The summed E-state index contributed by atoms with van der Waals surface area (Å²) < 4.78 is 0.989. The van der Waals surface area contributed by atoms with Crippen LogP contribution in [0.15, 0.2) is 18.2 Å². The number of hydrogen-bond acceptors (Lipinski definition) is 3. The lowest BCUT2D eigenvalue weighted by Gasteiger charge is -2.16. The van der Waals surface area contributed by atoms with Crippen LogP contribution in [0, 0.1) is 11.8 Å². The van der Waals surface area contributed by atoms with Gasteiger partial charge in [-0.15, -0.1) is 11.3 Å². The van der Waals surface area contributed by atoms with E-state index in [0.29, 0.717) is 27.4 Å². The normalized spacial score (nSPS) is 24.7. The van der Waals surface area contributed by atoms with Crippen LogP contribution in [0.25, 0.3) is 10.1 Å². The minimum atomic E-state index is 0.0826. The van der Waals surface area contributed by atoms with Crippen molar-refractivity contribution in [1.82, 2.24) is 4.90 Å². The smallest absolute Gasteiger partial charge is 0.266 e. The van der Waals surface area contributed by atoms with Crippen LogP contribution in [-0.2, 0) is 0 Å². The summed E-state index contributed by atoms with van der Waals surface area (Å²) >= 11 is 7.68. The molecule has 21 heavy (non-hydrogen) atoms. The molecule has 0 radical (unpaired) electrons. The van der Waals surface area contributed by atoms with Crippen LogP contribution in [-0.4, -0.2) is 23.9 Å². The Bertz CT molecular complexity index is 714. The number of anilines is 1. The van der Waals surface area contributed by atoms with Crippen molar-refractivity contribution in [3.8, 4) is 0 Å². The van der Waals surface area contributed by atoms with Gasteiger partial charge in [0.25, 0.3) is 5.91 Å². The Morgan fingerprint density at radius 2 is 2.00 bits per heavy atom. The lowest BCUT2D eigenvalue weighted by molar-refractivity contribution is 0.0786. The second kappa shape index (κ2) is 4.89. The van der Waals surface area contributed by atoms with Crippen LogP contribution in [0.4, 0.5) is 5.69 Å². The molecule has 2 aliphatic rings. The van der Waals surface area contributed by atoms with E-state index in [0.717, 1.165) is 23.2 Å². The van der Waals surface area contributed by atoms with Gasteiger partial charge in [0.15, 0.2) is 0 Å². The third-order valence-corrected chi connectivity index (χ3v) is 6.38. The first-order chi connectivity index (χ1) is 10.1. The molecule has 1 saturated heterocycles. The van der Waals surface area contributed by atoms with E-state index >= 15 is 0 Å². The molecule has 1 aliphatic carbocycles. The highest BCUT2D eigenvalue weighted by molar-refractivity contribution is 7.21. The molecule has 2 atom stereocenters. The van der Waals surface area contributed by atoms with Crippen LogP contribution in [0.1, 0.15) is 28.9 Å². The fourth-order valence-corrected chi connectivity index (χ4v) is 5.28. The second-order valence-electron chi connectivity index (χ2n) is 6.12. The number of rotatable bonds is 1. The molecule has 4 rings (SSSR count). The van der Waals surface area contributed by atoms with E-state index in [1.54, 1.807) is 0 Å². The molecule has 0 bridgehead atoms. The first kappa shape index (κ1) is 13.4. The number of amides is 1. The van der Waals surface area contributed by atoms with Crippen molar-refractivity contribution in [2.75, 3.05) is 18.8 Å². The summed E-state index contributed by atoms with van der Waals surface area (Å²) in [5, 5.41) is 1.45. The maximum atomic E-state index is 12.8. The maximum Gasteiger partial charge on any atom is 0.266 e. The van der Waals surface area contributed by atoms with Gasteiger partial charge in [0.2, 0.25) is 0 Å². The Kier molecular flexibility index (Phi) is 3.12. The molecule has 1 aliphatic heterocycles. The van der Waals surface area contributed by atoms with Gasteiger partial charge in [-0.05, 0) is 36.8 Å². The van der Waals surface area contributed by atoms with Crippen molar-refractivity contribution >= 4 is 44.6 Å². The molecule has 1 aromatic heterocycles. The first-order valence-electron chi connectivity index (χ1n) is 7.41. The van der Waals surface area contributed by atoms with Gasteiger partial charge >= 0.3 is 0 Å². The average Bonchev–Trinajstić information content (AvgIpc) is 3.11. The minimum absolute atomic E-state index is 0.0826. The molecule has 2 fully saturated rings. The Morgan fingerprint density at radius 1 is 1.29 bits per heavy atom. The van der Waals surface area contributed by atoms with E-state index in [9.17, 15) is 4.79 Å². The molecule has 1 aromatic carbocycles. The van der Waals surface area contributed by atoms with E-state index < -0.39 is 0 Å². The summed E-state index contributed by atoms with van der Waals surface area (Å²) in [5.74, 6) is 1.49. The lowest BCUT2D eigenvalue weighted by atomic mass is 10.0. The first-order valence-corrected chi connectivity index (χ1v) is 8.60. The van der Waals surface area contributed by atoms with Gasteiger partial charge < -0.3 is 10.6 Å². The van der Waals surface area contributed by atoms with Gasteiger partial charge in [-0.3, -0.25) is 4.79 Å². The molecule has 1 amide bonds. The van der Waals surface area contributed by atoms with E-state index in [2.05, 4.69) is 0 Å². The number of nitrogens with two attached hydrogens (primary N) is 1. The van der Waals surface area contributed by atoms with Crippen LogP contribution >= 0.6 is 22.9 Å². The van der Waals surface area contributed by atoms with Gasteiger partial charge in [0, 0.05) is 23.2 Å². The third-order valence-electron chi connectivity index (χ3n) is 4.91. The van der Waals surface area contributed by atoms with E-state index in [-0.39, 0.29) is 5.91 Å². The Balaban J connectivity index is 1.69. The number of benzene rings is 1. The van der Waals surface area contributed by atoms with Crippen molar-refractivity contribution in [3.05, 3.63) is 28.1 Å². The molecule has 2 heterocycles. The molecular formula is C16H17ClN2OS. The zero-order chi connectivity index (χ0) is 14.6. The SMILES string of the molecule is Nc1c(C(=O)N2CC3CCCC3C2)sc2cccc(Cl)c12. The Labute approximate surface area is 132 Å². The molecule has 3 nitrogen and oxygen atoms in total. The summed E-state index contributed by atoms with van der Waals surface area (Å²) in [5.41, 5.74) is 6.75. The number of nitrogens with zero attached hydrogens (tertiary/aromatic N) is 1. The van der Waals surface area contributed by atoms with Crippen molar-refractivity contribution in [2.24, 2.45) is 11.8 Å². The zero-order valence-corrected chi connectivity index (χ0v) is 13.2. The predicted molar refractivity (Wildman–Crippen MR) is 88.0 cm³/mol. The fourth-order valence-electron chi connectivity index (χ4n) is 3.83. The lowest BCUT2D eigenvalue weighted by Crippen LogP contribution is -2.29. The second-order valence-corrected chi connectivity index (χ2v) is 7.58. The quantitative estimate of drug-likeness (QED) is 0.863. The van der Waals surface area contributed by atoms with Crippen LogP contribution in [0.2, 0.25) is 5.02 Å². The number of hydrogen-bond donors (Lipinski definition) is 1. The zero-order valence-electron chi connectivity index (χ0n) is 11.6. The molecule has 110 valence electrons. The maximum absolute atomic E-state index is 12.8. The van der Waals surface area contributed by atoms with Crippen LogP contribution in [0.5, 0.6) is 0 Å². The number of carbonyl (C=O) groups excluding carboxylic acids is 1. The highest BCUT2D eigenvalue weighted by Crippen LogP contribution is 2.41. The minimum Gasteiger partial charge on any atom is -0.397 e. The van der Waals surface area contributed by atoms with Crippen LogP contribution in [0.3, 0.4) is 0 Å². The van der Waals surface area contributed by atoms with Crippen molar-refractivity contribution < 1.29 is 4.79 Å². The van der Waals surface area contributed by atoms with Gasteiger partial charge in [0.1, 0.15) is 4.88 Å². The molecule has 5 heteroatoms. The number of halogens is 1.